The Kier molecular flexibility index (Phi) is 15.7. The summed E-state index contributed by atoms with van der Waals surface area (Å²) in [6.07, 6.45) is 5.37. The number of rotatable bonds is 11. The zero-order valence-electron chi connectivity index (χ0n) is 23.8. The molecule has 0 fully saturated rings. The average Bonchev–Trinajstić information content (AvgIpc) is 2.86. The molecule has 0 amide bonds. The molecule has 221 valence electrons. The molecule has 2 N–H and O–H groups in total. The van der Waals surface area contributed by atoms with Crippen LogP contribution in [-0.2, 0) is 29.0 Å². The van der Waals surface area contributed by atoms with Crippen molar-refractivity contribution in [2.75, 3.05) is 13.7 Å². The second-order valence-corrected chi connectivity index (χ2v) is 10.9. The average molecular weight is 761 g/mol. The summed E-state index contributed by atoms with van der Waals surface area (Å²) >= 11 is 3.35. The number of aryl methyl sites for hydroxylation is 2. The van der Waals surface area contributed by atoms with Gasteiger partial charge in [-0.3, -0.25) is 9.78 Å². The van der Waals surface area contributed by atoms with Crippen LogP contribution in [0.5, 0.6) is 11.6 Å². The van der Waals surface area contributed by atoms with Crippen LogP contribution in [0.2, 0.25) is 0 Å². The molecule has 1 radical (unpaired) electrons. The van der Waals surface area contributed by atoms with Gasteiger partial charge >= 0.3 is 5.97 Å². The molecule has 8 nitrogen and oxygen atoms in total. The van der Waals surface area contributed by atoms with Crippen LogP contribution in [0.3, 0.4) is 0 Å². The number of aliphatic hydroxyl groups is 2. The Bertz CT molecular complexity index is 1200. The van der Waals surface area contributed by atoms with E-state index in [0.29, 0.717) is 24.8 Å². The minimum atomic E-state index is -1.01. The van der Waals surface area contributed by atoms with Crippen molar-refractivity contribution in [1.29, 1.82) is 0 Å². The van der Waals surface area contributed by atoms with Crippen LogP contribution in [-0.4, -0.2) is 51.1 Å². The normalized spacial score (nSPS) is 11.0. The molecule has 10 heteroatoms. The van der Waals surface area contributed by atoms with Crippen molar-refractivity contribution in [3.05, 3.63) is 81.7 Å². The Morgan fingerprint density at radius 2 is 1.75 bits per heavy atom. The molecule has 0 aliphatic carbocycles. The molecule has 0 unspecified atom stereocenters. The SMILES string of the molecule is CC(C)(O)C(C)(C)O.COC(=O)Cc1cc(C)[c-]cc1OCCCc1cnccc1COc1cccc(Br)n1.[Tb]. The summed E-state index contributed by atoms with van der Waals surface area (Å²) < 4.78 is 17.3. The van der Waals surface area contributed by atoms with Crippen LogP contribution >= 0.6 is 15.9 Å². The fourth-order valence-electron chi connectivity index (χ4n) is 3.03. The summed E-state index contributed by atoms with van der Waals surface area (Å²) in [5.74, 6) is 0.927. The van der Waals surface area contributed by atoms with Gasteiger partial charge in [0.15, 0.2) is 0 Å². The molecule has 0 saturated heterocycles. The van der Waals surface area contributed by atoms with E-state index in [1.165, 1.54) is 7.11 Å². The van der Waals surface area contributed by atoms with Crippen molar-refractivity contribution in [3.63, 3.8) is 0 Å². The first kappa shape index (κ1) is 36.3. The van der Waals surface area contributed by atoms with Crippen LogP contribution in [0.15, 0.2) is 53.4 Å². The van der Waals surface area contributed by atoms with Gasteiger partial charge in [0.05, 0.1) is 31.3 Å². The van der Waals surface area contributed by atoms with E-state index in [-0.39, 0.29) is 51.0 Å². The fourth-order valence-corrected chi connectivity index (χ4v) is 3.36. The van der Waals surface area contributed by atoms with E-state index in [1.807, 2.05) is 43.5 Å². The van der Waals surface area contributed by atoms with Gasteiger partial charge in [0.2, 0.25) is 5.88 Å². The molecule has 2 heterocycles. The predicted octanol–water partition coefficient (Wildman–Crippen LogP) is 5.18. The first-order chi connectivity index (χ1) is 18.3. The van der Waals surface area contributed by atoms with Crippen molar-refractivity contribution in [3.8, 4) is 11.6 Å². The maximum absolute atomic E-state index is 11.7. The van der Waals surface area contributed by atoms with Crippen molar-refractivity contribution < 1.29 is 67.8 Å². The Balaban J connectivity index is 0.000000777. The van der Waals surface area contributed by atoms with E-state index in [9.17, 15) is 4.79 Å². The van der Waals surface area contributed by atoms with Gasteiger partial charge in [-0.2, -0.15) is 17.7 Å². The van der Waals surface area contributed by atoms with Crippen LogP contribution in [0.1, 0.15) is 56.4 Å². The summed E-state index contributed by atoms with van der Waals surface area (Å²) in [5.41, 5.74) is 1.91. The minimum Gasteiger partial charge on any atom is -0.551 e. The summed E-state index contributed by atoms with van der Waals surface area (Å²) in [5, 5.41) is 18.2. The molecule has 0 aliphatic heterocycles. The van der Waals surface area contributed by atoms with Gasteiger partial charge in [-0.25, -0.2) is 4.98 Å². The number of pyridine rings is 2. The summed E-state index contributed by atoms with van der Waals surface area (Å²) in [6.45, 7) is 9.16. The van der Waals surface area contributed by atoms with Crippen molar-refractivity contribution in [2.45, 2.75) is 71.7 Å². The molecule has 1 aromatic carbocycles. The first-order valence-corrected chi connectivity index (χ1v) is 13.4. The molecule has 3 aromatic rings. The monoisotopic (exact) mass is 760 g/mol. The Labute approximate surface area is 276 Å². The van der Waals surface area contributed by atoms with Gasteiger partial charge in [-0.05, 0) is 79.7 Å². The maximum atomic E-state index is 11.7. The van der Waals surface area contributed by atoms with Gasteiger partial charge in [0, 0.05) is 62.8 Å². The number of methoxy groups -OCH3 is 1. The van der Waals surface area contributed by atoms with Gasteiger partial charge in [-0.1, -0.05) is 13.0 Å². The molecule has 40 heavy (non-hydrogen) atoms. The second-order valence-electron chi connectivity index (χ2n) is 10.1. The topological polar surface area (TPSA) is 111 Å². The molecular formula is C30H38BrN2O6Tb-. The third kappa shape index (κ3) is 12.8. The zero-order chi connectivity index (χ0) is 29.1. The van der Waals surface area contributed by atoms with Crippen LogP contribution in [0.25, 0.3) is 0 Å². The first-order valence-electron chi connectivity index (χ1n) is 12.6. The van der Waals surface area contributed by atoms with Gasteiger partial charge < -0.3 is 24.4 Å². The number of carbonyl (C=O) groups is 1. The molecular weight excluding hydrogens is 723 g/mol. The third-order valence-electron chi connectivity index (χ3n) is 6.12. The minimum absolute atomic E-state index is 0. The molecule has 0 saturated carbocycles. The largest absolute Gasteiger partial charge is 0.551 e. The number of carbonyl (C=O) groups excluding carboxylic acids is 1. The van der Waals surface area contributed by atoms with Gasteiger partial charge in [0.25, 0.3) is 0 Å². The summed E-state index contributed by atoms with van der Waals surface area (Å²) in [4.78, 5) is 20.2. The van der Waals surface area contributed by atoms with E-state index >= 15 is 0 Å². The van der Waals surface area contributed by atoms with E-state index in [4.69, 9.17) is 24.4 Å². The summed E-state index contributed by atoms with van der Waals surface area (Å²) in [6, 6.07) is 14.3. The van der Waals surface area contributed by atoms with E-state index in [2.05, 4.69) is 32.0 Å². The van der Waals surface area contributed by atoms with Crippen LogP contribution < -0.4 is 9.47 Å². The molecule has 0 spiro atoms. The third-order valence-corrected chi connectivity index (χ3v) is 6.56. The molecule has 3 rings (SSSR count). The molecule has 0 atom stereocenters. The number of benzene rings is 1. The number of nitrogens with zero attached hydrogens (tertiary/aromatic N) is 2. The van der Waals surface area contributed by atoms with Gasteiger partial charge in [-0.15, -0.1) is 11.6 Å². The fraction of sp³-hybridized carbons (Fsp3) is 0.433. The Morgan fingerprint density at radius 1 is 1.05 bits per heavy atom. The number of hydrogen-bond acceptors (Lipinski definition) is 8. The molecule has 2 aromatic heterocycles. The van der Waals surface area contributed by atoms with Crippen molar-refractivity contribution in [1.82, 2.24) is 9.97 Å². The van der Waals surface area contributed by atoms with Gasteiger partial charge in [0.1, 0.15) is 11.2 Å². The second kappa shape index (κ2) is 17.3. The number of halogens is 1. The van der Waals surface area contributed by atoms with Crippen molar-refractivity contribution in [2.24, 2.45) is 0 Å². The maximum Gasteiger partial charge on any atom is 0.307 e. The Hall–Kier alpha value is -1.72. The number of esters is 1. The number of aromatic nitrogens is 2. The number of hydrogen-bond donors (Lipinski definition) is 2. The molecule has 0 bridgehead atoms. The van der Waals surface area contributed by atoms with E-state index in [0.717, 1.165) is 39.7 Å². The summed E-state index contributed by atoms with van der Waals surface area (Å²) in [7, 11) is 1.38. The van der Waals surface area contributed by atoms with Crippen LogP contribution in [0, 0.1) is 51.6 Å². The molecule has 0 aliphatic rings. The van der Waals surface area contributed by atoms with E-state index in [1.54, 1.807) is 40.0 Å². The predicted molar refractivity (Wildman–Crippen MR) is 153 cm³/mol. The zero-order valence-corrected chi connectivity index (χ0v) is 27.5. The smallest absolute Gasteiger partial charge is 0.307 e. The van der Waals surface area contributed by atoms with Crippen LogP contribution in [0.4, 0.5) is 0 Å². The Morgan fingerprint density at radius 3 is 2.38 bits per heavy atom. The van der Waals surface area contributed by atoms with E-state index < -0.39 is 11.2 Å². The van der Waals surface area contributed by atoms with Crippen molar-refractivity contribution >= 4 is 21.9 Å². The standard InChI is InChI=1S/C24H24BrN2O4.C6H14O2.Tb/c1-17-8-9-21(20(13-17)14-24(28)29-2)30-12-4-5-18-15-26-11-10-19(18)16-31-23-7-3-6-22(25)27-23;1-5(2,7)6(3,4)8;/h3,6-7,9-11,13,15H,4-5,12,14,16H2,1-2H3;7-8H,1-4H3;/q-1;;. The number of ether oxygens (including phenoxy) is 3. The quantitative estimate of drug-likeness (QED) is 0.119.